The molecule has 0 saturated heterocycles. The lowest BCUT2D eigenvalue weighted by molar-refractivity contribution is 0.740. The van der Waals surface area contributed by atoms with Crippen molar-refractivity contribution in [3.63, 3.8) is 0 Å². The number of nitrogen functional groups attached to an aromatic ring is 1. The van der Waals surface area contributed by atoms with Crippen LogP contribution in [0.4, 0.5) is 5.69 Å². The van der Waals surface area contributed by atoms with Crippen LogP contribution < -0.4 is 10.6 Å². The molecule has 3 N–H and O–H groups in total. The van der Waals surface area contributed by atoms with E-state index in [0.29, 0.717) is 5.56 Å². The Morgan fingerprint density at radius 2 is 2.00 bits per heavy atom. The van der Waals surface area contributed by atoms with Crippen LogP contribution in [0.15, 0.2) is 46.9 Å². The number of halogens is 2. The molecule has 0 bridgehead atoms. The van der Waals surface area contributed by atoms with Gasteiger partial charge in [-0.15, -0.1) is 0 Å². The fourth-order valence-corrected chi connectivity index (χ4v) is 2.93. The summed E-state index contributed by atoms with van der Waals surface area (Å²) < 4.78 is 0.817. The first-order chi connectivity index (χ1) is 9.90. The van der Waals surface area contributed by atoms with Gasteiger partial charge in [0.15, 0.2) is 0 Å². The van der Waals surface area contributed by atoms with Gasteiger partial charge in [0.05, 0.1) is 6.04 Å². The standard InChI is InChI=1S/C16H17BrClN3/c1-10(11-4-3-5-12(18)8-11)21(2)13-6-7-14(16(19)20)15(17)9-13/h3-10H,1-2H3,(H3,19,20). The molecule has 1 unspecified atom stereocenters. The molecule has 0 aromatic heterocycles. The molecule has 0 aliphatic rings. The molecule has 21 heavy (non-hydrogen) atoms. The van der Waals surface area contributed by atoms with Crippen molar-refractivity contribution in [2.24, 2.45) is 5.73 Å². The maximum absolute atomic E-state index is 7.52. The van der Waals surface area contributed by atoms with Gasteiger partial charge >= 0.3 is 0 Å². The smallest absolute Gasteiger partial charge is 0.123 e. The minimum absolute atomic E-state index is 0.0546. The molecule has 0 aliphatic carbocycles. The second-order valence-corrected chi connectivity index (χ2v) is 6.21. The molecule has 0 fully saturated rings. The van der Waals surface area contributed by atoms with Crippen LogP contribution in [0.2, 0.25) is 5.02 Å². The van der Waals surface area contributed by atoms with Gasteiger partial charge in [0.1, 0.15) is 5.84 Å². The third-order valence-corrected chi connectivity index (χ3v) is 4.45. The number of nitrogens with one attached hydrogen (secondary N) is 1. The van der Waals surface area contributed by atoms with Crippen LogP contribution in [0.25, 0.3) is 0 Å². The molecule has 2 rings (SSSR count). The van der Waals surface area contributed by atoms with E-state index in [2.05, 4.69) is 33.8 Å². The van der Waals surface area contributed by atoms with Crippen molar-refractivity contribution in [1.82, 2.24) is 0 Å². The van der Waals surface area contributed by atoms with Gasteiger partial charge in [0.25, 0.3) is 0 Å². The van der Waals surface area contributed by atoms with E-state index in [9.17, 15) is 0 Å². The van der Waals surface area contributed by atoms with Gasteiger partial charge < -0.3 is 10.6 Å². The van der Waals surface area contributed by atoms with Gasteiger partial charge in [-0.2, -0.15) is 0 Å². The minimum atomic E-state index is 0.0546. The van der Waals surface area contributed by atoms with Crippen molar-refractivity contribution in [1.29, 1.82) is 5.41 Å². The highest BCUT2D eigenvalue weighted by atomic mass is 79.9. The summed E-state index contributed by atoms with van der Waals surface area (Å²) in [7, 11) is 2.03. The maximum atomic E-state index is 7.52. The van der Waals surface area contributed by atoms with Crippen LogP contribution in [0.5, 0.6) is 0 Å². The number of benzene rings is 2. The van der Waals surface area contributed by atoms with Crippen LogP contribution in [0.3, 0.4) is 0 Å². The minimum Gasteiger partial charge on any atom is -0.384 e. The summed E-state index contributed by atoms with van der Waals surface area (Å²) >= 11 is 9.52. The highest BCUT2D eigenvalue weighted by Crippen LogP contribution is 2.30. The summed E-state index contributed by atoms with van der Waals surface area (Å²) in [5.74, 6) is 0.0546. The monoisotopic (exact) mass is 365 g/mol. The maximum Gasteiger partial charge on any atom is 0.123 e. The highest BCUT2D eigenvalue weighted by molar-refractivity contribution is 9.10. The zero-order valence-electron chi connectivity index (χ0n) is 11.9. The number of anilines is 1. The molecule has 0 heterocycles. The Labute approximate surface area is 138 Å². The fraction of sp³-hybridized carbons (Fsp3) is 0.188. The first-order valence-electron chi connectivity index (χ1n) is 6.52. The van der Waals surface area contributed by atoms with Crippen molar-refractivity contribution >= 4 is 39.1 Å². The molecule has 0 radical (unpaired) electrons. The number of rotatable bonds is 4. The molecule has 0 saturated carbocycles. The van der Waals surface area contributed by atoms with E-state index in [1.807, 2.05) is 43.4 Å². The van der Waals surface area contributed by atoms with Crippen LogP contribution in [-0.2, 0) is 0 Å². The number of nitrogens with zero attached hydrogens (tertiary/aromatic N) is 1. The molecule has 5 heteroatoms. The molecule has 2 aromatic carbocycles. The zero-order valence-corrected chi connectivity index (χ0v) is 14.2. The van der Waals surface area contributed by atoms with Crippen molar-refractivity contribution in [2.75, 3.05) is 11.9 Å². The van der Waals surface area contributed by atoms with Crippen molar-refractivity contribution < 1.29 is 0 Å². The van der Waals surface area contributed by atoms with Gasteiger partial charge in [-0.25, -0.2) is 0 Å². The van der Waals surface area contributed by atoms with Crippen LogP contribution in [0, 0.1) is 5.41 Å². The number of amidine groups is 1. The molecule has 2 aromatic rings. The van der Waals surface area contributed by atoms with E-state index < -0.39 is 0 Å². The van der Waals surface area contributed by atoms with Crippen LogP contribution in [0.1, 0.15) is 24.1 Å². The topological polar surface area (TPSA) is 53.1 Å². The number of hydrogen-bond acceptors (Lipinski definition) is 2. The first-order valence-corrected chi connectivity index (χ1v) is 7.69. The van der Waals surface area contributed by atoms with Gasteiger partial charge in [-0.3, -0.25) is 5.41 Å². The van der Waals surface area contributed by atoms with E-state index in [1.165, 1.54) is 0 Å². The van der Waals surface area contributed by atoms with E-state index in [0.717, 1.165) is 20.7 Å². The van der Waals surface area contributed by atoms with Crippen molar-refractivity contribution in [2.45, 2.75) is 13.0 Å². The summed E-state index contributed by atoms with van der Waals surface area (Å²) in [6.45, 7) is 2.12. The number of hydrogen-bond donors (Lipinski definition) is 2. The van der Waals surface area contributed by atoms with E-state index in [-0.39, 0.29) is 11.9 Å². The lowest BCUT2D eigenvalue weighted by Gasteiger charge is -2.28. The SMILES string of the molecule is CC(c1cccc(Cl)c1)N(C)c1ccc(C(=N)N)c(Br)c1. The highest BCUT2D eigenvalue weighted by Gasteiger charge is 2.14. The lowest BCUT2D eigenvalue weighted by Crippen LogP contribution is -2.22. The van der Waals surface area contributed by atoms with E-state index >= 15 is 0 Å². The molecular formula is C16H17BrClN3. The number of nitrogens with two attached hydrogens (primary N) is 1. The Morgan fingerprint density at radius 1 is 1.29 bits per heavy atom. The Bertz CT molecular complexity index is 672. The van der Waals surface area contributed by atoms with E-state index in [1.54, 1.807) is 0 Å². The van der Waals surface area contributed by atoms with Crippen LogP contribution in [-0.4, -0.2) is 12.9 Å². The third-order valence-electron chi connectivity index (χ3n) is 3.56. The van der Waals surface area contributed by atoms with E-state index in [4.69, 9.17) is 22.7 Å². The normalized spacial score (nSPS) is 12.0. The average Bonchev–Trinajstić information content (AvgIpc) is 2.45. The van der Waals surface area contributed by atoms with Gasteiger partial charge in [-0.1, -0.05) is 23.7 Å². The second-order valence-electron chi connectivity index (χ2n) is 4.92. The molecule has 0 spiro atoms. The summed E-state index contributed by atoms with van der Waals surface area (Å²) in [6.07, 6.45) is 0. The fourth-order valence-electron chi connectivity index (χ4n) is 2.16. The Morgan fingerprint density at radius 3 is 2.57 bits per heavy atom. The molecule has 0 aliphatic heterocycles. The summed E-state index contributed by atoms with van der Waals surface area (Å²) in [5, 5.41) is 8.25. The van der Waals surface area contributed by atoms with Gasteiger partial charge in [0, 0.05) is 27.8 Å². The average molecular weight is 367 g/mol. The van der Waals surface area contributed by atoms with Crippen LogP contribution >= 0.6 is 27.5 Å². The molecule has 0 amide bonds. The Hall–Kier alpha value is -1.52. The predicted octanol–water partition coefficient (Wildman–Crippen LogP) is 4.58. The van der Waals surface area contributed by atoms with Gasteiger partial charge in [0.2, 0.25) is 0 Å². The third kappa shape index (κ3) is 3.57. The Kier molecular flexibility index (Phi) is 4.91. The predicted molar refractivity (Wildman–Crippen MR) is 93.4 cm³/mol. The quantitative estimate of drug-likeness (QED) is 0.614. The zero-order chi connectivity index (χ0) is 15.6. The molecular weight excluding hydrogens is 350 g/mol. The summed E-state index contributed by atoms with van der Waals surface area (Å²) in [4.78, 5) is 2.15. The lowest BCUT2D eigenvalue weighted by atomic mass is 10.1. The summed E-state index contributed by atoms with van der Waals surface area (Å²) in [6, 6.07) is 13.8. The van der Waals surface area contributed by atoms with Crippen molar-refractivity contribution in [3.8, 4) is 0 Å². The van der Waals surface area contributed by atoms with Gasteiger partial charge in [-0.05, 0) is 58.7 Å². The second kappa shape index (κ2) is 6.50. The first kappa shape index (κ1) is 15.9. The summed E-state index contributed by atoms with van der Waals surface area (Å²) in [5.41, 5.74) is 8.42. The Balaban J connectivity index is 2.29. The molecule has 1 atom stereocenters. The molecule has 3 nitrogen and oxygen atoms in total. The largest absolute Gasteiger partial charge is 0.384 e. The molecule has 110 valence electrons. The van der Waals surface area contributed by atoms with Crippen molar-refractivity contribution in [3.05, 3.63) is 63.1 Å².